The standard InChI is InChI=1S/C20H23NO4/c1-4-8-15-12(2)13(3)18(22)17(15)19(23)21-16(11-25-20(21)24)14-9-6-5-7-10-14/h5-7,9-10,15-17H,4,8,11H2,1-3H3/t15-,16+,17+/m0/s1. The quantitative estimate of drug-likeness (QED) is 0.784. The molecule has 1 aliphatic carbocycles. The third-order valence-electron chi connectivity index (χ3n) is 5.36. The number of hydrogen-bond donors (Lipinski definition) is 0. The average Bonchev–Trinajstić information content (AvgIpc) is 3.10. The highest BCUT2D eigenvalue weighted by Crippen LogP contribution is 2.40. The zero-order valence-corrected chi connectivity index (χ0v) is 14.8. The normalized spacial score (nSPS) is 26.4. The highest BCUT2D eigenvalue weighted by molar-refractivity contribution is 6.15. The van der Waals surface area contributed by atoms with E-state index in [0.29, 0.717) is 5.57 Å². The molecule has 25 heavy (non-hydrogen) atoms. The number of carbonyl (C=O) groups excluding carboxylic acids is 3. The van der Waals surface area contributed by atoms with Crippen LogP contribution in [0.1, 0.15) is 45.2 Å². The zero-order chi connectivity index (χ0) is 18.1. The second kappa shape index (κ2) is 6.82. The fraction of sp³-hybridized carbons (Fsp3) is 0.450. The van der Waals surface area contributed by atoms with Gasteiger partial charge in [0.15, 0.2) is 5.78 Å². The largest absolute Gasteiger partial charge is 0.446 e. The van der Waals surface area contributed by atoms with Gasteiger partial charge in [-0.1, -0.05) is 49.2 Å². The van der Waals surface area contributed by atoms with Gasteiger partial charge in [-0.05, 0) is 37.3 Å². The number of cyclic esters (lactones) is 1. The van der Waals surface area contributed by atoms with Crippen LogP contribution in [0.25, 0.3) is 0 Å². The molecule has 0 N–H and O–H groups in total. The van der Waals surface area contributed by atoms with E-state index in [-0.39, 0.29) is 18.3 Å². The first kappa shape index (κ1) is 17.4. The molecule has 1 saturated heterocycles. The molecule has 1 aromatic rings. The highest BCUT2D eigenvalue weighted by atomic mass is 16.6. The molecular formula is C20H23NO4. The second-order valence-electron chi connectivity index (χ2n) is 6.76. The van der Waals surface area contributed by atoms with E-state index in [2.05, 4.69) is 0 Å². The fourth-order valence-electron chi connectivity index (χ4n) is 3.85. The molecule has 1 aromatic carbocycles. The molecule has 1 fully saturated rings. The first-order valence-electron chi connectivity index (χ1n) is 8.73. The third kappa shape index (κ3) is 2.88. The van der Waals surface area contributed by atoms with Crippen molar-refractivity contribution in [2.24, 2.45) is 11.8 Å². The Bertz CT molecular complexity index is 737. The number of allylic oxidation sites excluding steroid dienone is 2. The van der Waals surface area contributed by atoms with Gasteiger partial charge < -0.3 is 4.74 Å². The summed E-state index contributed by atoms with van der Waals surface area (Å²) in [6.45, 7) is 5.84. The zero-order valence-electron chi connectivity index (χ0n) is 14.8. The van der Waals surface area contributed by atoms with Gasteiger partial charge in [0.25, 0.3) is 0 Å². The maximum absolute atomic E-state index is 13.2. The van der Waals surface area contributed by atoms with Crippen molar-refractivity contribution < 1.29 is 19.1 Å². The monoisotopic (exact) mass is 341 g/mol. The number of nitrogens with zero attached hydrogens (tertiary/aromatic N) is 1. The maximum atomic E-state index is 13.2. The lowest BCUT2D eigenvalue weighted by Gasteiger charge is -2.26. The van der Waals surface area contributed by atoms with Crippen molar-refractivity contribution >= 4 is 17.8 Å². The molecule has 0 spiro atoms. The summed E-state index contributed by atoms with van der Waals surface area (Å²) in [5, 5.41) is 0. The summed E-state index contributed by atoms with van der Waals surface area (Å²) in [4.78, 5) is 39.3. The Balaban J connectivity index is 1.93. The van der Waals surface area contributed by atoms with Crippen molar-refractivity contribution in [3.63, 3.8) is 0 Å². The number of rotatable bonds is 4. The number of hydrogen-bond acceptors (Lipinski definition) is 4. The molecule has 0 unspecified atom stereocenters. The van der Waals surface area contributed by atoms with E-state index in [1.54, 1.807) is 6.92 Å². The minimum absolute atomic E-state index is 0.124. The van der Waals surface area contributed by atoms with E-state index in [4.69, 9.17) is 4.74 Å². The van der Waals surface area contributed by atoms with Crippen LogP contribution >= 0.6 is 0 Å². The van der Waals surface area contributed by atoms with Crippen molar-refractivity contribution in [1.29, 1.82) is 0 Å². The van der Waals surface area contributed by atoms with Gasteiger partial charge in [0, 0.05) is 0 Å². The van der Waals surface area contributed by atoms with Crippen molar-refractivity contribution in [3.8, 4) is 0 Å². The summed E-state index contributed by atoms with van der Waals surface area (Å²) >= 11 is 0. The van der Waals surface area contributed by atoms with E-state index >= 15 is 0 Å². The SMILES string of the molecule is CCC[C@H]1C(C)=C(C)C(=O)[C@@H]1C(=O)N1C(=O)OC[C@@H]1c1ccccc1. The molecule has 1 aliphatic heterocycles. The minimum Gasteiger partial charge on any atom is -0.446 e. The first-order valence-corrected chi connectivity index (χ1v) is 8.73. The van der Waals surface area contributed by atoms with E-state index in [1.165, 1.54) is 0 Å². The maximum Gasteiger partial charge on any atom is 0.417 e. The van der Waals surface area contributed by atoms with Crippen molar-refractivity contribution in [2.45, 2.75) is 39.7 Å². The number of benzene rings is 1. The number of amides is 2. The topological polar surface area (TPSA) is 63.7 Å². The molecule has 2 amide bonds. The molecule has 0 aromatic heterocycles. The number of ether oxygens (including phenoxy) is 1. The van der Waals surface area contributed by atoms with E-state index < -0.39 is 24.0 Å². The van der Waals surface area contributed by atoms with Crippen LogP contribution < -0.4 is 0 Å². The second-order valence-corrected chi connectivity index (χ2v) is 6.76. The lowest BCUT2D eigenvalue weighted by Crippen LogP contribution is -2.42. The molecular weight excluding hydrogens is 318 g/mol. The number of ketones is 1. The Hall–Kier alpha value is -2.43. The number of imide groups is 1. The smallest absolute Gasteiger partial charge is 0.417 e. The lowest BCUT2D eigenvalue weighted by molar-refractivity contribution is -0.139. The average molecular weight is 341 g/mol. The molecule has 2 aliphatic rings. The van der Waals surface area contributed by atoms with Gasteiger partial charge in [0.1, 0.15) is 18.6 Å². The van der Waals surface area contributed by atoms with Crippen molar-refractivity contribution in [1.82, 2.24) is 4.90 Å². The number of Topliss-reactive ketones (excluding diaryl/α,β-unsaturated/α-hetero) is 1. The van der Waals surface area contributed by atoms with E-state index in [9.17, 15) is 14.4 Å². The summed E-state index contributed by atoms with van der Waals surface area (Å²) in [5.41, 5.74) is 2.45. The van der Waals surface area contributed by atoms with Gasteiger partial charge in [0.2, 0.25) is 5.91 Å². The Morgan fingerprint density at radius 2 is 1.88 bits per heavy atom. The van der Waals surface area contributed by atoms with Crippen LogP contribution in [0.3, 0.4) is 0 Å². The molecule has 1 heterocycles. The van der Waals surface area contributed by atoms with Crippen molar-refractivity contribution in [3.05, 3.63) is 47.0 Å². The van der Waals surface area contributed by atoms with Crippen LogP contribution in [-0.4, -0.2) is 29.3 Å². The van der Waals surface area contributed by atoms with Gasteiger partial charge in [-0.15, -0.1) is 0 Å². The van der Waals surface area contributed by atoms with Gasteiger partial charge in [-0.25, -0.2) is 9.69 Å². The molecule has 5 nitrogen and oxygen atoms in total. The van der Waals surface area contributed by atoms with Gasteiger partial charge in [-0.2, -0.15) is 0 Å². The fourth-order valence-corrected chi connectivity index (χ4v) is 3.85. The van der Waals surface area contributed by atoms with Crippen LogP contribution in [0.2, 0.25) is 0 Å². The molecule has 3 rings (SSSR count). The number of carbonyl (C=O) groups is 3. The van der Waals surface area contributed by atoms with Crippen LogP contribution in [0, 0.1) is 11.8 Å². The third-order valence-corrected chi connectivity index (χ3v) is 5.36. The minimum atomic E-state index is -0.809. The molecule has 0 radical (unpaired) electrons. The summed E-state index contributed by atoms with van der Waals surface area (Å²) in [7, 11) is 0. The predicted octanol–water partition coefficient (Wildman–Crippen LogP) is 3.66. The lowest BCUT2D eigenvalue weighted by atomic mass is 9.86. The molecule has 5 heteroatoms. The Kier molecular flexibility index (Phi) is 4.75. The van der Waals surface area contributed by atoms with Crippen LogP contribution in [-0.2, 0) is 14.3 Å². The van der Waals surface area contributed by atoms with Crippen molar-refractivity contribution in [2.75, 3.05) is 6.61 Å². The molecule has 3 atom stereocenters. The Labute approximate surface area is 147 Å². The summed E-state index contributed by atoms with van der Waals surface area (Å²) in [6.07, 6.45) is 0.965. The van der Waals surface area contributed by atoms with Gasteiger partial charge in [-0.3, -0.25) is 9.59 Å². The molecule has 0 saturated carbocycles. The molecule has 132 valence electrons. The molecule has 0 bridgehead atoms. The van der Waals surface area contributed by atoms with Crippen LogP contribution in [0.4, 0.5) is 4.79 Å². The van der Waals surface area contributed by atoms with E-state index in [0.717, 1.165) is 28.9 Å². The van der Waals surface area contributed by atoms with Crippen LogP contribution in [0.15, 0.2) is 41.5 Å². The van der Waals surface area contributed by atoms with Gasteiger partial charge in [0.05, 0.1) is 0 Å². The summed E-state index contributed by atoms with van der Waals surface area (Å²) in [6, 6.07) is 8.84. The predicted molar refractivity (Wildman–Crippen MR) is 92.6 cm³/mol. The summed E-state index contributed by atoms with van der Waals surface area (Å²) < 4.78 is 5.14. The Morgan fingerprint density at radius 3 is 2.52 bits per heavy atom. The van der Waals surface area contributed by atoms with Gasteiger partial charge >= 0.3 is 6.09 Å². The first-order chi connectivity index (χ1) is 12.0. The summed E-state index contributed by atoms with van der Waals surface area (Å²) in [5.74, 6) is -1.53. The van der Waals surface area contributed by atoms with Crippen LogP contribution in [0.5, 0.6) is 0 Å². The Morgan fingerprint density at radius 1 is 1.20 bits per heavy atom. The highest BCUT2D eigenvalue weighted by Gasteiger charge is 2.49. The van der Waals surface area contributed by atoms with E-state index in [1.807, 2.05) is 44.2 Å².